The van der Waals surface area contributed by atoms with Gasteiger partial charge >= 0.3 is 12.0 Å². The van der Waals surface area contributed by atoms with Crippen LogP contribution in [0.5, 0.6) is 0 Å². The molecule has 90 valence electrons. The number of nitrogens with zero attached hydrogens (tertiary/aromatic N) is 4. The van der Waals surface area contributed by atoms with Crippen LogP contribution in [-0.4, -0.2) is 57.0 Å². The van der Waals surface area contributed by atoms with Crippen molar-refractivity contribution in [1.29, 1.82) is 0 Å². The van der Waals surface area contributed by atoms with Crippen LogP contribution in [0.3, 0.4) is 0 Å². The number of aromatic nitrogens is 2. The molecule has 7 heteroatoms. The Morgan fingerprint density at radius 2 is 2.29 bits per heavy atom. The number of urea groups is 1. The van der Waals surface area contributed by atoms with Crippen LogP contribution in [0.1, 0.15) is 16.1 Å². The normalized spacial score (nSPS) is 15.5. The number of rotatable bonds is 3. The van der Waals surface area contributed by atoms with Gasteiger partial charge in [0, 0.05) is 26.3 Å². The van der Waals surface area contributed by atoms with Crippen molar-refractivity contribution in [2.45, 2.75) is 6.54 Å². The Bertz CT molecular complexity index is 463. The lowest BCUT2D eigenvalue weighted by Gasteiger charge is -2.16. The maximum absolute atomic E-state index is 11.7. The van der Waals surface area contributed by atoms with Crippen LogP contribution in [0.25, 0.3) is 0 Å². The minimum Gasteiger partial charge on any atom is -0.478 e. The van der Waals surface area contributed by atoms with Crippen molar-refractivity contribution in [3.63, 3.8) is 0 Å². The summed E-state index contributed by atoms with van der Waals surface area (Å²) in [6.45, 7) is 1.43. The number of aromatic carboxylic acids is 1. The largest absolute Gasteiger partial charge is 0.478 e. The molecule has 1 aliphatic heterocycles. The maximum atomic E-state index is 11.7. The van der Waals surface area contributed by atoms with Crippen LogP contribution in [0.2, 0.25) is 0 Å². The van der Waals surface area contributed by atoms with Gasteiger partial charge in [-0.3, -0.25) is 0 Å². The maximum Gasteiger partial charge on any atom is 0.339 e. The summed E-state index contributed by atoms with van der Waals surface area (Å²) in [5, 5.41) is 8.96. The smallest absolute Gasteiger partial charge is 0.339 e. The van der Waals surface area contributed by atoms with Crippen LogP contribution in [0.15, 0.2) is 12.5 Å². The molecule has 0 aromatic carbocycles. The van der Waals surface area contributed by atoms with Crippen molar-refractivity contribution in [2.24, 2.45) is 0 Å². The fourth-order valence-corrected chi connectivity index (χ4v) is 1.69. The van der Waals surface area contributed by atoms with Gasteiger partial charge in [-0.05, 0) is 0 Å². The minimum absolute atomic E-state index is 0.0369. The molecule has 1 saturated heterocycles. The van der Waals surface area contributed by atoms with Crippen molar-refractivity contribution in [2.75, 3.05) is 20.1 Å². The molecule has 0 saturated carbocycles. The van der Waals surface area contributed by atoms with E-state index in [-0.39, 0.29) is 18.1 Å². The third kappa shape index (κ3) is 2.17. The van der Waals surface area contributed by atoms with Gasteiger partial charge in [-0.15, -0.1) is 0 Å². The molecule has 1 N–H and O–H groups in total. The molecule has 17 heavy (non-hydrogen) atoms. The predicted molar refractivity (Wildman–Crippen MR) is 57.4 cm³/mol. The second kappa shape index (κ2) is 4.36. The molecule has 0 atom stereocenters. The first-order valence-electron chi connectivity index (χ1n) is 5.12. The van der Waals surface area contributed by atoms with E-state index in [9.17, 15) is 9.59 Å². The van der Waals surface area contributed by atoms with Gasteiger partial charge in [-0.2, -0.15) is 0 Å². The van der Waals surface area contributed by atoms with Gasteiger partial charge < -0.3 is 14.9 Å². The molecule has 1 aromatic heterocycles. The molecule has 0 spiro atoms. The van der Waals surface area contributed by atoms with Gasteiger partial charge in [0.1, 0.15) is 11.9 Å². The van der Waals surface area contributed by atoms with Crippen molar-refractivity contribution < 1.29 is 14.7 Å². The van der Waals surface area contributed by atoms with Crippen molar-refractivity contribution >= 4 is 12.0 Å². The van der Waals surface area contributed by atoms with Gasteiger partial charge in [0.15, 0.2) is 0 Å². The fourth-order valence-electron chi connectivity index (χ4n) is 1.69. The number of amides is 2. The van der Waals surface area contributed by atoms with E-state index in [0.717, 1.165) is 0 Å². The lowest BCUT2D eigenvalue weighted by atomic mass is 10.2. The van der Waals surface area contributed by atoms with Crippen LogP contribution >= 0.6 is 0 Å². The monoisotopic (exact) mass is 236 g/mol. The predicted octanol–water partition coefficient (Wildman–Crippen LogP) is 0.0422. The van der Waals surface area contributed by atoms with E-state index in [4.69, 9.17) is 5.11 Å². The molecule has 1 aromatic rings. The zero-order chi connectivity index (χ0) is 12.4. The molecule has 1 aliphatic rings. The van der Waals surface area contributed by atoms with Gasteiger partial charge in [0.2, 0.25) is 0 Å². The summed E-state index contributed by atoms with van der Waals surface area (Å²) >= 11 is 0. The van der Waals surface area contributed by atoms with Gasteiger partial charge in [-0.25, -0.2) is 19.6 Å². The first-order chi connectivity index (χ1) is 8.09. The summed E-state index contributed by atoms with van der Waals surface area (Å²) in [6, 6.07) is -0.111. The highest BCUT2D eigenvalue weighted by atomic mass is 16.4. The first kappa shape index (κ1) is 11.3. The van der Waals surface area contributed by atoms with E-state index in [2.05, 4.69) is 9.97 Å². The van der Waals surface area contributed by atoms with E-state index in [1.807, 2.05) is 0 Å². The van der Waals surface area contributed by atoms with E-state index in [1.54, 1.807) is 16.8 Å². The Kier molecular flexibility index (Phi) is 2.90. The Labute approximate surface area is 97.7 Å². The van der Waals surface area contributed by atoms with Crippen LogP contribution in [-0.2, 0) is 6.54 Å². The molecule has 0 radical (unpaired) electrons. The summed E-state index contributed by atoms with van der Waals surface area (Å²) in [4.78, 5) is 33.3. The molecule has 2 amide bonds. The summed E-state index contributed by atoms with van der Waals surface area (Å²) in [6.07, 6.45) is 2.53. The van der Waals surface area contributed by atoms with E-state index >= 15 is 0 Å². The quantitative estimate of drug-likeness (QED) is 0.800. The number of likely N-dealkylation sites (N-methyl/N-ethyl adjacent to an activating group) is 1. The van der Waals surface area contributed by atoms with Crippen LogP contribution in [0.4, 0.5) is 4.79 Å². The standard InChI is InChI=1S/C10H12N4O3/c1-13-2-3-14(10(13)17)5-8-7(9(15)16)4-11-6-12-8/h4,6H,2-3,5H2,1H3,(H,15,16). The summed E-state index contributed by atoms with van der Waals surface area (Å²) in [5.74, 6) is -1.08. The van der Waals surface area contributed by atoms with Crippen molar-refractivity contribution in [1.82, 2.24) is 19.8 Å². The third-order valence-electron chi connectivity index (χ3n) is 2.67. The van der Waals surface area contributed by atoms with E-state index in [0.29, 0.717) is 18.8 Å². The molecule has 7 nitrogen and oxygen atoms in total. The number of carboxylic acids is 1. The lowest BCUT2D eigenvalue weighted by Crippen LogP contribution is -2.30. The highest BCUT2D eigenvalue weighted by Gasteiger charge is 2.26. The lowest BCUT2D eigenvalue weighted by molar-refractivity contribution is 0.0693. The number of carbonyl (C=O) groups excluding carboxylic acids is 1. The van der Waals surface area contributed by atoms with Crippen LogP contribution in [0, 0.1) is 0 Å². The Balaban J connectivity index is 2.19. The topological polar surface area (TPSA) is 86.6 Å². The molecule has 0 bridgehead atoms. The highest BCUT2D eigenvalue weighted by Crippen LogP contribution is 2.12. The van der Waals surface area contributed by atoms with Gasteiger partial charge in [-0.1, -0.05) is 0 Å². The van der Waals surface area contributed by atoms with Gasteiger partial charge in [0.25, 0.3) is 0 Å². The summed E-state index contributed by atoms with van der Waals surface area (Å²) in [5.41, 5.74) is 0.394. The summed E-state index contributed by atoms with van der Waals surface area (Å²) < 4.78 is 0. The third-order valence-corrected chi connectivity index (χ3v) is 2.67. The van der Waals surface area contributed by atoms with E-state index in [1.165, 1.54) is 12.5 Å². The number of hydrogen-bond acceptors (Lipinski definition) is 4. The zero-order valence-electron chi connectivity index (χ0n) is 9.33. The Hall–Kier alpha value is -2.18. The fraction of sp³-hybridized carbons (Fsp3) is 0.400. The number of hydrogen-bond donors (Lipinski definition) is 1. The number of carboxylic acid groups (broad SMARTS) is 1. The molecule has 0 unspecified atom stereocenters. The second-order valence-corrected chi connectivity index (χ2v) is 3.81. The molecule has 2 rings (SSSR count). The molecule has 2 heterocycles. The van der Waals surface area contributed by atoms with E-state index < -0.39 is 5.97 Å². The molecular weight excluding hydrogens is 224 g/mol. The highest BCUT2D eigenvalue weighted by molar-refractivity contribution is 5.88. The first-order valence-corrected chi connectivity index (χ1v) is 5.12. The molecule has 1 fully saturated rings. The average molecular weight is 236 g/mol. The summed E-state index contributed by atoms with van der Waals surface area (Å²) in [7, 11) is 1.71. The average Bonchev–Trinajstić information content (AvgIpc) is 2.61. The Morgan fingerprint density at radius 1 is 1.53 bits per heavy atom. The second-order valence-electron chi connectivity index (χ2n) is 3.81. The van der Waals surface area contributed by atoms with Gasteiger partial charge in [0.05, 0.1) is 12.2 Å². The van der Waals surface area contributed by atoms with Crippen LogP contribution < -0.4 is 0 Å². The molecular formula is C10H12N4O3. The van der Waals surface area contributed by atoms with Crippen molar-refractivity contribution in [3.8, 4) is 0 Å². The zero-order valence-corrected chi connectivity index (χ0v) is 9.33. The minimum atomic E-state index is -1.08. The Morgan fingerprint density at radius 3 is 2.88 bits per heavy atom. The molecule has 0 aliphatic carbocycles. The SMILES string of the molecule is CN1CCN(Cc2ncncc2C(=O)O)C1=O. The number of carbonyl (C=O) groups is 2. The van der Waals surface area contributed by atoms with Crippen molar-refractivity contribution in [3.05, 3.63) is 23.8 Å².